The number of benzene rings is 1. The van der Waals surface area contributed by atoms with E-state index in [0.717, 1.165) is 16.6 Å². The molecule has 1 N–H and O–H groups in total. The molecule has 0 spiro atoms. The molecule has 0 heterocycles. The molecular weight excluding hydrogens is 338 g/mol. The quantitative estimate of drug-likeness (QED) is 0.844. The van der Waals surface area contributed by atoms with Gasteiger partial charge in [-0.15, -0.1) is 0 Å². The van der Waals surface area contributed by atoms with E-state index >= 15 is 0 Å². The Labute approximate surface area is 131 Å². The Morgan fingerprint density at radius 2 is 1.85 bits per heavy atom. The first-order chi connectivity index (χ1) is 9.08. The predicted molar refractivity (Wildman–Crippen MR) is 89.0 cm³/mol. The van der Waals surface area contributed by atoms with E-state index in [1.807, 2.05) is 18.2 Å². The van der Waals surface area contributed by atoms with Crippen LogP contribution in [-0.4, -0.2) is 32.5 Å². The van der Waals surface area contributed by atoms with Gasteiger partial charge < -0.3 is 5.32 Å². The Hall–Kier alpha value is -0.390. The number of hydrogen-bond acceptors (Lipinski definition) is 3. The number of rotatable bonds is 6. The lowest BCUT2D eigenvalue weighted by Crippen LogP contribution is -2.39. The molecule has 0 fully saturated rings. The first-order valence-electron chi connectivity index (χ1n) is 6.76. The van der Waals surface area contributed by atoms with Gasteiger partial charge in [-0.3, -0.25) is 0 Å². The van der Waals surface area contributed by atoms with Gasteiger partial charge in [0, 0.05) is 22.8 Å². The van der Waals surface area contributed by atoms with Crippen molar-refractivity contribution < 1.29 is 8.42 Å². The average Bonchev–Trinajstić information content (AvgIpc) is 2.28. The fourth-order valence-corrected chi connectivity index (χ4v) is 3.28. The van der Waals surface area contributed by atoms with E-state index < -0.39 is 9.84 Å². The summed E-state index contributed by atoms with van der Waals surface area (Å²) in [6.07, 6.45) is 1.92. The van der Waals surface area contributed by atoms with E-state index in [1.165, 1.54) is 6.26 Å². The van der Waals surface area contributed by atoms with Crippen molar-refractivity contribution in [2.75, 3.05) is 18.6 Å². The third-order valence-corrected chi connectivity index (χ3v) is 4.76. The van der Waals surface area contributed by atoms with Crippen LogP contribution in [0.2, 0.25) is 0 Å². The second-order valence-corrected chi connectivity index (χ2v) is 9.38. The third-order valence-electron chi connectivity index (χ3n) is 3.06. The van der Waals surface area contributed by atoms with Crippen LogP contribution >= 0.6 is 15.9 Å². The van der Waals surface area contributed by atoms with E-state index in [-0.39, 0.29) is 17.2 Å². The van der Waals surface area contributed by atoms with E-state index in [9.17, 15) is 8.42 Å². The van der Waals surface area contributed by atoms with Crippen LogP contribution in [0.4, 0.5) is 0 Å². The Kier molecular flexibility index (Phi) is 6.23. The summed E-state index contributed by atoms with van der Waals surface area (Å²) in [5.41, 5.74) is 1.18. The summed E-state index contributed by atoms with van der Waals surface area (Å²) < 4.78 is 23.9. The minimum Gasteiger partial charge on any atom is -0.311 e. The first kappa shape index (κ1) is 17.7. The summed E-state index contributed by atoms with van der Waals surface area (Å²) >= 11 is 3.56. The van der Waals surface area contributed by atoms with E-state index in [4.69, 9.17) is 0 Å². The van der Waals surface area contributed by atoms with Crippen molar-refractivity contribution in [3.63, 3.8) is 0 Å². The minimum absolute atomic E-state index is 0.0184. The highest BCUT2D eigenvalue weighted by Crippen LogP contribution is 2.27. The number of nitrogens with one attached hydrogen (secondary N) is 1. The smallest absolute Gasteiger partial charge is 0.147 e. The zero-order chi connectivity index (χ0) is 15.4. The monoisotopic (exact) mass is 361 g/mol. The normalized spacial score (nSPS) is 14.2. The topological polar surface area (TPSA) is 46.2 Å². The molecule has 20 heavy (non-hydrogen) atoms. The summed E-state index contributed by atoms with van der Waals surface area (Å²) in [6, 6.07) is 8.02. The number of hydrogen-bond donors (Lipinski definition) is 1. The van der Waals surface area contributed by atoms with Gasteiger partial charge in [-0.25, -0.2) is 8.42 Å². The maximum Gasteiger partial charge on any atom is 0.147 e. The van der Waals surface area contributed by atoms with Crippen LogP contribution < -0.4 is 5.32 Å². The Morgan fingerprint density at radius 1 is 1.25 bits per heavy atom. The molecule has 1 rings (SSSR count). The van der Waals surface area contributed by atoms with E-state index in [2.05, 4.69) is 48.1 Å². The molecule has 0 aliphatic rings. The predicted octanol–water partition coefficient (Wildman–Crippen LogP) is 3.36. The molecule has 0 bridgehead atoms. The van der Waals surface area contributed by atoms with E-state index in [1.54, 1.807) is 0 Å². The first-order valence-corrected chi connectivity index (χ1v) is 9.61. The van der Waals surface area contributed by atoms with Crippen LogP contribution in [0.5, 0.6) is 0 Å². The van der Waals surface area contributed by atoms with Crippen molar-refractivity contribution in [2.24, 2.45) is 0 Å². The molecule has 1 aromatic rings. The summed E-state index contributed by atoms with van der Waals surface area (Å²) in [5.74, 6) is 0.393. The third kappa shape index (κ3) is 6.86. The summed E-state index contributed by atoms with van der Waals surface area (Å²) in [5, 5.41) is 3.47. The highest BCUT2D eigenvalue weighted by atomic mass is 79.9. The molecule has 1 unspecified atom stereocenters. The molecule has 0 radical (unpaired) electrons. The minimum atomic E-state index is -2.94. The summed E-state index contributed by atoms with van der Waals surface area (Å²) in [4.78, 5) is 0. The zero-order valence-corrected chi connectivity index (χ0v) is 15.0. The van der Waals surface area contributed by atoms with Gasteiger partial charge in [0.25, 0.3) is 0 Å². The molecule has 0 aromatic heterocycles. The van der Waals surface area contributed by atoms with Crippen LogP contribution in [0.1, 0.15) is 38.7 Å². The fraction of sp³-hybridized carbons (Fsp3) is 0.600. The van der Waals surface area contributed by atoms with Crippen LogP contribution in [-0.2, 0) is 9.84 Å². The van der Waals surface area contributed by atoms with Crippen LogP contribution in [0.25, 0.3) is 0 Å². The van der Waals surface area contributed by atoms with Crippen LogP contribution in [0.15, 0.2) is 28.7 Å². The van der Waals surface area contributed by atoms with Crippen molar-refractivity contribution >= 4 is 25.8 Å². The van der Waals surface area contributed by atoms with Crippen LogP contribution in [0.3, 0.4) is 0 Å². The second kappa shape index (κ2) is 7.05. The van der Waals surface area contributed by atoms with Crippen molar-refractivity contribution in [3.05, 3.63) is 34.3 Å². The highest BCUT2D eigenvalue weighted by Gasteiger charge is 2.19. The maximum atomic E-state index is 11.4. The van der Waals surface area contributed by atoms with E-state index in [0.29, 0.717) is 6.42 Å². The van der Waals surface area contributed by atoms with Gasteiger partial charge in [-0.1, -0.05) is 34.1 Å². The van der Waals surface area contributed by atoms with Gasteiger partial charge in [0.2, 0.25) is 0 Å². The molecule has 0 amide bonds. The SMILES string of the molecule is CC(C)(C)NCC(CCS(C)(=O)=O)c1ccccc1Br. The van der Waals surface area contributed by atoms with Crippen molar-refractivity contribution in [3.8, 4) is 0 Å². The summed E-state index contributed by atoms with van der Waals surface area (Å²) in [7, 11) is -2.94. The lowest BCUT2D eigenvalue weighted by atomic mass is 9.95. The van der Waals surface area contributed by atoms with Crippen molar-refractivity contribution in [1.29, 1.82) is 0 Å². The molecule has 0 saturated carbocycles. The Morgan fingerprint density at radius 3 is 2.35 bits per heavy atom. The zero-order valence-electron chi connectivity index (χ0n) is 12.6. The molecule has 3 nitrogen and oxygen atoms in total. The molecule has 1 atom stereocenters. The molecule has 0 saturated heterocycles. The molecule has 5 heteroatoms. The van der Waals surface area contributed by atoms with Crippen molar-refractivity contribution in [2.45, 2.75) is 38.6 Å². The molecule has 114 valence electrons. The lowest BCUT2D eigenvalue weighted by molar-refractivity contribution is 0.402. The second-order valence-electron chi connectivity index (χ2n) is 6.27. The molecule has 1 aromatic carbocycles. The lowest BCUT2D eigenvalue weighted by Gasteiger charge is -2.26. The molecular formula is C15H24BrNO2S. The standard InChI is InChI=1S/C15H24BrNO2S/c1-15(2,3)17-11-12(9-10-20(4,18)19)13-7-5-6-8-14(13)16/h5-8,12,17H,9-11H2,1-4H3. The summed E-state index contributed by atoms with van der Waals surface area (Å²) in [6.45, 7) is 7.10. The fourth-order valence-electron chi connectivity index (χ4n) is 1.96. The molecule has 0 aliphatic heterocycles. The number of halogens is 1. The highest BCUT2D eigenvalue weighted by molar-refractivity contribution is 9.10. The molecule has 0 aliphatic carbocycles. The maximum absolute atomic E-state index is 11.4. The van der Waals surface area contributed by atoms with Crippen LogP contribution in [0, 0.1) is 0 Å². The Balaban J connectivity index is 2.87. The van der Waals surface area contributed by atoms with Gasteiger partial charge in [0.1, 0.15) is 9.84 Å². The Bertz CT molecular complexity index is 535. The number of sulfone groups is 1. The van der Waals surface area contributed by atoms with Gasteiger partial charge in [-0.05, 0) is 44.7 Å². The van der Waals surface area contributed by atoms with Crippen molar-refractivity contribution in [1.82, 2.24) is 5.32 Å². The van der Waals surface area contributed by atoms with Gasteiger partial charge in [0.05, 0.1) is 5.75 Å². The largest absolute Gasteiger partial charge is 0.311 e. The van der Waals surface area contributed by atoms with Gasteiger partial charge in [0.15, 0.2) is 0 Å². The van der Waals surface area contributed by atoms with Gasteiger partial charge in [-0.2, -0.15) is 0 Å². The average molecular weight is 362 g/mol. The van der Waals surface area contributed by atoms with Gasteiger partial charge >= 0.3 is 0 Å².